The predicted octanol–water partition coefficient (Wildman–Crippen LogP) is 2.88. The Morgan fingerprint density at radius 2 is 1.64 bits per heavy atom. The number of hydrogen-bond donors (Lipinski definition) is 3. The van der Waals surface area contributed by atoms with Crippen LogP contribution < -0.4 is 16.4 Å². The van der Waals surface area contributed by atoms with E-state index in [0.29, 0.717) is 17.1 Å². The van der Waals surface area contributed by atoms with Crippen LogP contribution in [0.3, 0.4) is 0 Å². The van der Waals surface area contributed by atoms with Crippen LogP contribution in [0.4, 0.5) is 17.1 Å². The molecule has 0 radical (unpaired) electrons. The molecule has 0 fully saturated rings. The lowest BCUT2D eigenvalue weighted by atomic mass is 10.2. The summed E-state index contributed by atoms with van der Waals surface area (Å²) in [5.74, 6) is -0.378. The van der Waals surface area contributed by atoms with Gasteiger partial charge in [-0.3, -0.25) is 9.59 Å². The molecule has 4 N–H and O–H groups in total. The van der Waals surface area contributed by atoms with Gasteiger partial charge in [0.25, 0.3) is 0 Å². The maximum absolute atomic E-state index is 11.8. The highest BCUT2D eigenvalue weighted by Crippen LogP contribution is 2.14. The molecule has 0 unspecified atom stereocenters. The first-order chi connectivity index (χ1) is 10.5. The largest absolute Gasteiger partial charge is 0.399 e. The molecule has 0 saturated carbocycles. The second-order valence-corrected chi connectivity index (χ2v) is 4.75. The Labute approximate surface area is 128 Å². The fourth-order valence-electron chi connectivity index (χ4n) is 1.86. The van der Waals surface area contributed by atoms with E-state index in [2.05, 4.69) is 10.6 Å². The van der Waals surface area contributed by atoms with Crippen molar-refractivity contribution >= 4 is 35.0 Å². The van der Waals surface area contributed by atoms with E-state index in [0.717, 1.165) is 5.56 Å². The van der Waals surface area contributed by atoms with Gasteiger partial charge in [-0.1, -0.05) is 12.1 Å². The number of carbonyl (C=O) groups is 2. The molecule has 5 heteroatoms. The molecule has 2 rings (SSSR count). The number of nitrogens with two attached hydrogens (primary N) is 1. The zero-order valence-electron chi connectivity index (χ0n) is 12.2. The van der Waals surface area contributed by atoms with E-state index in [-0.39, 0.29) is 11.8 Å². The quantitative estimate of drug-likeness (QED) is 0.599. The van der Waals surface area contributed by atoms with E-state index >= 15 is 0 Å². The van der Waals surface area contributed by atoms with E-state index in [1.807, 2.05) is 12.1 Å². The topological polar surface area (TPSA) is 84.2 Å². The number of anilines is 3. The Kier molecular flexibility index (Phi) is 4.93. The van der Waals surface area contributed by atoms with Crippen molar-refractivity contribution in [3.05, 3.63) is 60.2 Å². The van der Waals surface area contributed by atoms with Gasteiger partial charge in [0.05, 0.1) is 0 Å². The van der Waals surface area contributed by atoms with Crippen molar-refractivity contribution < 1.29 is 9.59 Å². The first-order valence-corrected chi connectivity index (χ1v) is 6.75. The van der Waals surface area contributed by atoms with Gasteiger partial charge in [-0.15, -0.1) is 0 Å². The van der Waals surface area contributed by atoms with E-state index in [1.165, 1.54) is 13.0 Å². The summed E-state index contributed by atoms with van der Waals surface area (Å²) in [6.07, 6.45) is 3.13. The van der Waals surface area contributed by atoms with Gasteiger partial charge in [-0.25, -0.2) is 0 Å². The summed E-state index contributed by atoms with van der Waals surface area (Å²) in [6, 6.07) is 14.1. The molecule has 0 aliphatic heterocycles. The summed E-state index contributed by atoms with van der Waals surface area (Å²) >= 11 is 0. The fourth-order valence-corrected chi connectivity index (χ4v) is 1.86. The van der Waals surface area contributed by atoms with Crippen LogP contribution in [-0.2, 0) is 9.59 Å². The molecule has 2 amide bonds. The molecular weight excluding hydrogens is 278 g/mol. The minimum Gasteiger partial charge on any atom is -0.399 e. The van der Waals surface area contributed by atoms with Crippen LogP contribution in [-0.4, -0.2) is 11.8 Å². The number of rotatable bonds is 4. The zero-order chi connectivity index (χ0) is 15.9. The SMILES string of the molecule is CC(=O)Nc1ccc(NC(=O)/C=C/c2cccc(N)c2)cc1. The third-order valence-electron chi connectivity index (χ3n) is 2.81. The number of nitrogens with one attached hydrogen (secondary N) is 2. The fraction of sp³-hybridized carbons (Fsp3) is 0.0588. The van der Waals surface area contributed by atoms with Crippen LogP contribution in [0.25, 0.3) is 6.08 Å². The maximum atomic E-state index is 11.8. The van der Waals surface area contributed by atoms with Crippen molar-refractivity contribution in [1.82, 2.24) is 0 Å². The molecule has 5 nitrogen and oxygen atoms in total. The second kappa shape index (κ2) is 7.08. The summed E-state index contributed by atoms with van der Waals surface area (Å²) in [7, 11) is 0. The van der Waals surface area contributed by atoms with Gasteiger partial charge in [-0.05, 0) is 48.0 Å². The standard InChI is InChI=1S/C17H17N3O2/c1-12(21)19-15-6-8-16(9-7-15)20-17(22)10-5-13-3-2-4-14(18)11-13/h2-11H,18H2,1H3,(H,19,21)(H,20,22)/b10-5+. The van der Waals surface area contributed by atoms with Crippen molar-refractivity contribution in [3.63, 3.8) is 0 Å². The lowest BCUT2D eigenvalue weighted by molar-refractivity contribution is -0.114. The Morgan fingerprint density at radius 3 is 2.23 bits per heavy atom. The van der Waals surface area contributed by atoms with Crippen LogP contribution in [0.15, 0.2) is 54.6 Å². The molecule has 2 aromatic carbocycles. The highest BCUT2D eigenvalue weighted by Gasteiger charge is 1.99. The lowest BCUT2D eigenvalue weighted by Gasteiger charge is -2.05. The van der Waals surface area contributed by atoms with Crippen molar-refractivity contribution in [3.8, 4) is 0 Å². The molecule has 0 spiro atoms. The van der Waals surface area contributed by atoms with Gasteiger partial charge >= 0.3 is 0 Å². The highest BCUT2D eigenvalue weighted by molar-refractivity contribution is 6.02. The molecule has 22 heavy (non-hydrogen) atoms. The third kappa shape index (κ3) is 4.79. The Hall–Kier alpha value is -3.08. The maximum Gasteiger partial charge on any atom is 0.248 e. The van der Waals surface area contributed by atoms with Crippen molar-refractivity contribution in [2.75, 3.05) is 16.4 Å². The molecule has 0 aliphatic carbocycles. The Balaban J connectivity index is 1.95. The minimum atomic E-state index is -0.241. The summed E-state index contributed by atoms with van der Waals surface area (Å²) < 4.78 is 0. The number of benzene rings is 2. The first kappa shape index (κ1) is 15.3. The summed E-state index contributed by atoms with van der Waals surface area (Å²) in [5, 5.41) is 5.40. The van der Waals surface area contributed by atoms with Crippen LogP contribution in [0, 0.1) is 0 Å². The normalized spacial score (nSPS) is 10.4. The van der Waals surface area contributed by atoms with Crippen LogP contribution >= 0.6 is 0 Å². The predicted molar refractivity (Wildman–Crippen MR) is 89.3 cm³/mol. The molecule has 0 atom stereocenters. The lowest BCUT2D eigenvalue weighted by Crippen LogP contribution is -2.08. The van der Waals surface area contributed by atoms with E-state index in [9.17, 15) is 9.59 Å². The van der Waals surface area contributed by atoms with Crippen LogP contribution in [0.2, 0.25) is 0 Å². The van der Waals surface area contributed by atoms with Crippen molar-refractivity contribution in [1.29, 1.82) is 0 Å². The highest BCUT2D eigenvalue weighted by atomic mass is 16.2. The summed E-state index contributed by atoms with van der Waals surface area (Å²) in [4.78, 5) is 22.8. The molecule has 0 aliphatic rings. The summed E-state index contributed by atoms with van der Waals surface area (Å²) in [6.45, 7) is 1.44. The number of nitrogen functional groups attached to an aromatic ring is 1. The average molecular weight is 295 g/mol. The van der Waals surface area contributed by atoms with E-state index in [4.69, 9.17) is 5.73 Å². The van der Waals surface area contributed by atoms with Crippen LogP contribution in [0.1, 0.15) is 12.5 Å². The van der Waals surface area contributed by atoms with E-state index < -0.39 is 0 Å². The van der Waals surface area contributed by atoms with Gasteiger partial charge in [0.2, 0.25) is 11.8 Å². The van der Waals surface area contributed by atoms with Gasteiger partial charge in [0.15, 0.2) is 0 Å². The number of amides is 2. The van der Waals surface area contributed by atoms with E-state index in [1.54, 1.807) is 42.5 Å². The summed E-state index contributed by atoms with van der Waals surface area (Å²) in [5.41, 5.74) is 8.51. The Bertz CT molecular complexity index is 706. The molecular formula is C17H17N3O2. The monoisotopic (exact) mass is 295 g/mol. The minimum absolute atomic E-state index is 0.137. The van der Waals surface area contributed by atoms with Gasteiger partial charge in [0, 0.05) is 30.1 Å². The number of carbonyl (C=O) groups excluding carboxylic acids is 2. The van der Waals surface area contributed by atoms with Gasteiger partial charge in [0.1, 0.15) is 0 Å². The third-order valence-corrected chi connectivity index (χ3v) is 2.81. The second-order valence-electron chi connectivity index (χ2n) is 4.75. The van der Waals surface area contributed by atoms with Gasteiger partial charge in [-0.2, -0.15) is 0 Å². The Morgan fingerprint density at radius 1 is 1.00 bits per heavy atom. The smallest absolute Gasteiger partial charge is 0.248 e. The number of hydrogen-bond acceptors (Lipinski definition) is 3. The van der Waals surface area contributed by atoms with Crippen molar-refractivity contribution in [2.24, 2.45) is 0 Å². The molecule has 0 aromatic heterocycles. The molecule has 0 heterocycles. The molecule has 0 bridgehead atoms. The van der Waals surface area contributed by atoms with Crippen LogP contribution in [0.5, 0.6) is 0 Å². The average Bonchev–Trinajstić information content (AvgIpc) is 2.47. The first-order valence-electron chi connectivity index (χ1n) is 6.75. The zero-order valence-corrected chi connectivity index (χ0v) is 12.2. The van der Waals surface area contributed by atoms with Crippen molar-refractivity contribution in [2.45, 2.75) is 6.92 Å². The molecule has 112 valence electrons. The van der Waals surface area contributed by atoms with Gasteiger partial charge < -0.3 is 16.4 Å². The molecule has 0 saturated heterocycles. The molecule has 2 aromatic rings.